The molecule has 0 bridgehead atoms. The fourth-order valence-electron chi connectivity index (χ4n) is 6.11. The lowest BCUT2D eigenvalue weighted by molar-refractivity contribution is -0.331. The Balaban J connectivity index is 1.43. The molecule has 5 heteroatoms. The van der Waals surface area contributed by atoms with Crippen molar-refractivity contribution < 1.29 is 23.7 Å². The van der Waals surface area contributed by atoms with Crippen molar-refractivity contribution in [3.63, 3.8) is 0 Å². The van der Waals surface area contributed by atoms with Crippen LogP contribution in [0.2, 0.25) is 0 Å². The summed E-state index contributed by atoms with van der Waals surface area (Å²) in [7, 11) is 0. The van der Waals surface area contributed by atoms with Gasteiger partial charge in [0.15, 0.2) is 5.79 Å². The molecule has 0 saturated carbocycles. The number of unbranched alkanes of at least 4 members (excludes halogenated alkanes) is 2. The molecule has 3 aromatic carbocycles. The molecule has 0 N–H and O–H groups in total. The zero-order valence-electron chi connectivity index (χ0n) is 23.3. The first-order valence-electron chi connectivity index (χ1n) is 14.3. The lowest BCUT2D eigenvalue weighted by atomic mass is 9.80. The van der Waals surface area contributed by atoms with Crippen molar-refractivity contribution in [2.45, 2.75) is 82.6 Å². The third kappa shape index (κ3) is 5.96. The van der Waals surface area contributed by atoms with E-state index >= 15 is 0 Å². The van der Waals surface area contributed by atoms with E-state index in [0.29, 0.717) is 6.42 Å². The number of cyclic esters (lactones) is 1. The molecule has 2 aliphatic rings. The van der Waals surface area contributed by atoms with E-state index in [9.17, 15) is 4.79 Å². The molecule has 206 valence electrons. The van der Waals surface area contributed by atoms with Crippen molar-refractivity contribution in [1.29, 1.82) is 0 Å². The Morgan fingerprint density at radius 2 is 1.36 bits per heavy atom. The standard InChI is InChI=1S/C34H40O5/c1-4-5-9-22-29-31-30(39-33(2,3)38-29)23-28(37-32(31)35)24-36-34(25-16-10-6-11-17-25,26-18-12-7-13-19-26)27-20-14-8-15-21-27/h6-8,10-21,28-31H,4-5,9,22-24H2,1-3H3/t28-,29-,30-,31+/m0/s1. The maximum atomic E-state index is 13.4. The van der Waals surface area contributed by atoms with E-state index in [0.717, 1.165) is 42.4 Å². The topological polar surface area (TPSA) is 54.0 Å². The highest BCUT2D eigenvalue weighted by Gasteiger charge is 2.51. The summed E-state index contributed by atoms with van der Waals surface area (Å²) in [5, 5.41) is 0. The molecule has 2 saturated heterocycles. The van der Waals surface area contributed by atoms with Crippen LogP contribution in [0.15, 0.2) is 91.0 Å². The number of esters is 1. The zero-order chi connectivity index (χ0) is 27.3. The number of hydrogen-bond acceptors (Lipinski definition) is 5. The van der Waals surface area contributed by atoms with E-state index in [1.54, 1.807) is 0 Å². The lowest BCUT2D eigenvalue weighted by Crippen LogP contribution is -2.58. The van der Waals surface area contributed by atoms with Crippen molar-refractivity contribution in [3.05, 3.63) is 108 Å². The summed E-state index contributed by atoms with van der Waals surface area (Å²) >= 11 is 0. The van der Waals surface area contributed by atoms with Gasteiger partial charge < -0.3 is 18.9 Å². The van der Waals surface area contributed by atoms with Crippen LogP contribution in [0.3, 0.4) is 0 Å². The van der Waals surface area contributed by atoms with Gasteiger partial charge in [-0.05, 0) is 37.0 Å². The number of carbonyl (C=O) groups excluding carboxylic acids is 1. The van der Waals surface area contributed by atoms with Crippen molar-refractivity contribution in [2.75, 3.05) is 6.61 Å². The molecular formula is C34H40O5. The Morgan fingerprint density at radius 1 is 0.821 bits per heavy atom. The van der Waals surface area contributed by atoms with Gasteiger partial charge in [-0.25, -0.2) is 0 Å². The normalized spacial score (nSPS) is 24.5. The maximum Gasteiger partial charge on any atom is 0.314 e. The summed E-state index contributed by atoms with van der Waals surface area (Å²) in [6, 6.07) is 30.7. The van der Waals surface area contributed by atoms with Crippen LogP contribution in [0.1, 0.15) is 69.6 Å². The Bertz CT molecular complexity index is 1100. The van der Waals surface area contributed by atoms with Gasteiger partial charge in [0.2, 0.25) is 0 Å². The average molecular weight is 529 g/mol. The van der Waals surface area contributed by atoms with Gasteiger partial charge in [0.25, 0.3) is 0 Å². The second-order valence-electron chi connectivity index (χ2n) is 11.1. The Labute approximate surface area is 232 Å². The fraction of sp³-hybridized carbons (Fsp3) is 0.441. The highest BCUT2D eigenvalue weighted by molar-refractivity contribution is 5.75. The van der Waals surface area contributed by atoms with Crippen LogP contribution < -0.4 is 0 Å². The van der Waals surface area contributed by atoms with Gasteiger partial charge in [0.05, 0.1) is 18.8 Å². The fourth-order valence-corrected chi connectivity index (χ4v) is 6.11. The first-order chi connectivity index (χ1) is 18.9. The molecule has 0 aromatic heterocycles. The third-order valence-electron chi connectivity index (χ3n) is 7.84. The van der Waals surface area contributed by atoms with Gasteiger partial charge in [-0.15, -0.1) is 0 Å². The number of carbonyl (C=O) groups is 1. The van der Waals surface area contributed by atoms with Gasteiger partial charge >= 0.3 is 5.97 Å². The molecule has 0 amide bonds. The molecule has 0 unspecified atom stereocenters. The van der Waals surface area contributed by atoms with Crippen LogP contribution in [0.25, 0.3) is 0 Å². The predicted molar refractivity (Wildman–Crippen MR) is 151 cm³/mol. The van der Waals surface area contributed by atoms with Crippen LogP contribution in [-0.4, -0.2) is 36.7 Å². The predicted octanol–water partition coefficient (Wildman–Crippen LogP) is 7.03. The molecule has 0 radical (unpaired) electrons. The van der Waals surface area contributed by atoms with Gasteiger partial charge in [-0.3, -0.25) is 4.79 Å². The monoisotopic (exact) mass is 528 g/mol. The number of fused-ring (bicyclic) bond motifs is 1. The molecule has 2 heterocycles. The van der Waals surface area contributed by atoms with E-state index in [4.69, 9.17) is 18.9 Å². The first kappa shape index (κ1) is 27.6. The SMILES string of the molecule is CCCCC[C@@H]1OC(C)(C)O[C@H]2C[C@@H](COC(c3ccccc3)(c3ccccc3)c3ccccc3)OC(=O)[C@H]12. The molecule has 0 spiro atoms. The largest absolute Gasteiger partial charge is 0.459 e. The van der Waals surface area contributed by atoms with Gasteiger partial charge in [-0.1, -0.05) is 117 Å². The summed E-state index contributed by atoms with van der Waals surface area (Å²) in [6.07, 6.45) is 3.76. The van der Waals surface area contributed by atoms with Crippen LogP contribution in [-0.2, 0) is 29.3 Å². The zero-order valence-corrected chi connectivity index (χ0v) is 23.3. The van der Waals surface area contributed by atoms with Crippen LogP contribution in [0.5, 0.6) is 0 Å². The van der Waals surface area contributed by atoms with E-state index in [2.05, 4.69) is 43.3 Å². The van der Waals surface area contributed by atoms with E-state index in [1.165, 1.54) is 0 Å². The van der Waals surface area contributed by atoms with Gasteiger partial charge in [0.1, 0.15) is 17.6 Å². The summed E-state index contributed by atoms with van der Waals surface area (Å²) in [5.41, 5.74) is 2.18. The van der Waals surface area contributed by atoms with Crippen molar-refractivity contribution in [2.24, 2.45) is 5.92 Å². The van der Waals surface area contributed by atoms with E-state index < -0.39 is 23.4 Å². The van der Waals surface area contributed by atoms with Crippen LogP contribution >= 0.6 is 0 Å². The minimum absolute atomic E-state index is 0.197. The Morgan fingerprint density at radius 3 is 1.87 bits per heavy atom. The summed E-state index contributed by atoms with van der Waals surface area (Å²) in [6.45, 7) is 6.29. The molecule has 2 aliphatic heterocycles. The molecular weight excluding hydrogens is 488 g/mol. The van der Waals surface area contributed by atoms with Gasteiger partial charge in [-0.2, -0.15) is 0 Å². The van der Waals surface area contributed by atoms with Crippen molar-refractivity contribution in [1.82, 2.24) is 0 Å². The highest BCUT2D eigenvalue weighted by Crippen LogP contribution is 2.43. The minimum Gasteiger partial charge on any atom is -0.459 e. The third-order valence-corrected chi connectivity index (χ3v) is 7.84. The molecule has 3 aromatic rings. The van der Waals surface area contributed by atoms with E-state index in [-0.39, 0.29) is 24.8 Å². The Hall–Kier alpha value is -2.99. The first-order valence-corrected chi connectivity index (χ1v) is 14.3. The smallest absolute Gasteiger partial charge is 0.314 e. The number of benzene rings is 3. The maximum absolute atomic E-state index is 13.4. The summed E-state index contributed by atoms with van der Waals surface area (Å²) < 4.78 is 25.5. The molecule has 2 fully saturated rings. The minimum atomic E-state index is -0.870. The lowest BCUT2D eigenvalue weighted by Gasteiger charge is -2.48. The average Bonchev–Trinajstić information content (AvgIpc) is 2.94. The second kappa shape index (κ2) is 12.0. The molecule has 39 heavy (non-hydrogen) atoms. The number of rotatable bonds is 10. The number of hydrogen-bond donors (Lipinski definition) is 0. The van der Waals surface area contributed by atoms with Crippen molar-refractivity contribution in [3.8, 4) is 0 Å². The van der Waals surface area contributed by atoms with E-state index in [1.807, 2.05) is 68.4 Å². The van der Waals surface area contributed by atoms with Gasteiger partial charge in [0, 0.05) is 6.42 Å². The number of ether oxygens (including phenoxy) is 4. The summed E-state index contributed by atoms with van der Waals surface area (Å²) in [5.74, 6) is -1.40. The molecule has 4 atom stereocenters. The van der Waals surface area contributed by atoms with Crippen molar-refractivity contribution >= 4 is 5.97 Å². The molecule has 0 aliphatic carbocycles. The second-order valence-corrected chi connectivity index (χ2v) is 11.1. The van der Waals surface area contributed by atoms with Crippen LogP contribution in [0, 0.1) is 5.92 Å². The quantitative estimate of drug-likeness (QED) is 0.161. The van der Waals surface area contributed by atoms with Crippen LogP contribution in [0.4, 0.5) is 0 Å². The molecule has 5 rings (SSSR count). The molecule has 5 nitrogen and oxygen atoms in total. The Kier molecular flexibility index (Phi) is 8.51. The summed E-state index contributed by atoms with van der Waals surface area (Å²) in [4.78, 5) is 13.4. The highest BCUT2D eigenvalue weighted by atomic mass is 16.7.